The molecule has 1 unspecified atom stereocenters. The number of esters is 1. The van der Waals surface area contributed by atoms with Crippen molar-refractivity contribution in [2.75, 3.05) is 13.2 Å². The van der Waals surface area contributed by atoms with Gasteiger partial charge in [-0.15, -0.1) is 0 Å². The number of hydrogen-bond donors (Lipinski definition) is 1. The molecule has 0 fully saturated rings. The van der Waals surface area contributed by atoms with Crippen molar-refractivity contribution in [1.82, 2.24) is 5.32 Å². The predicted octanol–water partition coefficient (Wildman–Crippen LogP) is 2.27. The fourth-order valence-electron chi connectivity index (χ4n) is 1.57. The smallest absolute Gasteiger partial charge is 0.347 e. The molecular weight excluding hydrogens is 249 g/mol. The molecule has 0 radical (unpaired) electrons. The second-order valence-electron chi connectivity index (χ2n) is 4.02. The van der Waals surface area contributed by atoms with Gasteiger partial charge in [0, 0.05) is 12.1 Å². The number of halogens is 1. The van der Waals surface area contributed by atoms with Crippen LogP contribution >= 0.6 is 0 Å². The maximum absolute atomic E-state index is 13.8. The van der Waals surface area contributed by atoms with Crippen molar-refractivity contribution in [1.29, 1.82) is 0 Å². The van der Waals surface area contributed by atoms with Gasteiger partial charge in [-0.3, -0.25) is 0 Å². The summed E-state index contributed by atoms with van der Waals surface area (Å²) in [5, 5.41) is 3.10. The third-order valence-electron chi connectivity index (χ3n) is 2.53. The number of carbonyl (C=O) groups is 1. The summed E-state index contributed by atoms with van der Waals surface area (Å²) in [4.78, 5) is 11.5. The Bertz CT molecular complexity index is 423. The molecule has 5 heteroatoms. The highest BCUT2D eigenvalue weighted by Gasteiger charge is 2.19. The Kier molecular flexibility index (Phi) is 6.29. The van der Waals surface area contributed by atoms with Gasteiger partial charge in [0.05, 0.1) is 6.61 Å². The predicted molar refractivity (Wildman–Crippen MR) is 70.5 cm³/mol. The summed E-state index contributed by atoms with van der Waals surface area (Å²) < 4.78 is 24.0. The monoisotopic (exact) mass is 269 g/mol. The largest absolute Gasteiger partial charge is 0.476 e. The Hall–Kier alpha value is -1.62. The van der Waals surface area contributed by atoms with Crippen molar-refractivity contribution in [2.24, 2.45) is 0 Å². The highest BCUT2D eigenvalue weighted by molar-refractivity contribution is 5.74. The first-order chi connectivity index (χ1) is 9.10. The first-order valence-electron chi connectivity index (χ1n) is 6.41. The van der Waals surface area contributed by atoms with Crippen LogP contribution in [-0.2, 0) is 16.1 Å². The molecule has 1 atom stereocenters. The fraction of sp³-hybridized carbons (Fsp3) is 0.500. The van der Waals surface area contributed by atoms with E-state index in [-0.39, 0.29) is 12.4 Å². The molecule has 1 rings (SSSR count). The lowest BCUT2D eigenvalue weighted by molar-refractivity contribution is -0.150. The van der Waals surface area contributed by atoms with Gasteiger partial charge in [-0.05, 0) is 26.5 Å². The molecule has 0 saturated carbocycles. The fourth-order valence-corrected chi connectivity index (χ4v) is 1.57. The Balaban J connectivity index is 2.83. The zero-order chi connectivity index (χ0) is 14.3. The maximum atomic E-state index is 13.8. The third kappa shape index (κ3) is 4.52. The maximum Gasteiger partial charge on any atom is 0.347 e. The van der Waals surface area contributed by atoms with Crippen LogP contribution in [0.4, 0.5) is 4.39 Å². The van der Waals surface area contributed by atoms with Gasteiger partial charge in [-0.25, -0.2) is 9.18 Å². The normalized spacial score (nSPS) is 12.0. The van der Waals surface area contributed by atoms with E-state index in [1.54, 1.807) is 26.0 Å². The minimum atomic E-state index is -0.836. The average molecular weight is 269 g/mol. The summed E-state index contributed by atoms with van der Waals surface area (Å²) in [6.07, 6.45) is -0.836. The molecule has 1 N–H and O–H groups in total. The molecule has 0 amide bonds. The summed E-state index contributed by atoms with van der Waals surface area (Å²) in [5.41, 5.74) is 0.679. The highest BCUT2D eigenvalue weighted by atomic mass is 19.1. The van der Waals surface area contributed by atoms with E-state index in [2.05, 4.69) is 5.32 Å². The Morgan fingerprint density at radius 1 is 1.42 bits per heavy atom. The molecule has 0 aliphatic heterocycles. The number of benzene rings is 1. The number of rotatable bonds is 7. The molecule has 0 saturated heterocycles. The van der Waals surface area contributed by atoms with E-state index in [1.807, 2.05) is 6.92 Å². The van der Waals surface area contributed by atoms with Gasteiger partial charge >= 0.3 is 5.97 Å². The van der Waals surface area contributed by atoms with Gasteiger partial charge in [0.15, 0.2) is 17.7 Å². The Labute approximate surface area is 112 Å². The first kappa shape index (κ1) is 15.4. The van der Waals surface area contributed by atoms with Gasteiger partial charge in [0.1, 0.15) is 0 Å². The van der Waals surface area contributed by atoms with E-state index < -0.39 is 17.9 Å². The van der Waals surface area contributed by atoms with Crippen LogP contribution in [0.1, 0.15) is 26.3 Å². The van der Waals surface area contributed by atoms with Crippen LogP contribution in [0, 0.1) is 5.82 Å². The molecule has 1 aromatic rings. The molecule has 0 aromatic heterocycles. The standard InChI is InChI=1S/C14H20FNO3/c1-4-16-9-11-7-6-8-12(15)13(11)19-10(3)14(17)18-5-2/h6-8,10,16H,4-5,9H2,1-3H3. The van der Waals surface area contributed by atoms with Crippen molar-refractivity contribution >= 4 is 5.97 Å². The quantitative estimate of drug-likeness (QED) is 0.771. The van der Waals surface area contributed by atoms with Crippen LogP contribution in [0.25, 0.3) is 0 Å². The van der Waals surface area contributed by atoms with Crippen LogP contribution in [0.15, 0.2) is 18.2 Å². The van der Waals surface area contributed by atoms with Crippen LogP contribution in [0.2, 0.25) is 0 Å². The summed E-state index contributed by atoms with van der Waals surface area (Å²) in [6, 6.07) is 4.69. The molecule has 19 heavy (non-hydrogen) atoms. The number of nitrogens with one attached hydrogen (secondary N) is 1. The molecule has 0 bridgehead atoms. The molecular formula is C14H20FNO3. The van der Waals surface area contributed by atoms with Crippen LogP contribution in [0.5, 0.6) is 5.75 Å². The molecule has 0 spiro atoms. The Morgan fingerprint density at radius 2 is 2.16 bits per heavy atom. The Morgan fingerprint density at radius 3 is 2.79 bits per heavy atom. The SMILES string of the molecule is CCNCc1cccc(F)c1OC(C)C(=O)OCC. The molecule has 0 heterocycles. The van der Waals surface area contributed by atoms with Gasteiger partial charge < -0.3 is 14.8 Å². The molecule has 106 valence electrons. The summed E-state index contributed by atoms with van der Waals surface area (Å²) in [5.74, 6) is -0.879. The zero-order valence-corrected chi connectivity index (χ0v) is 11.5. The van der Waals surface area contributed by atoms with E-state index in [9.17, 15) is 9.18 Å². The van der Waals surface area contributed by atoms with Gasteiger partial charge in [0.25, 0.3) is 0 Å². The third-order valence-corrected chi connectivity index (χ3v) is 2.53. The lowest BCUT2D eigenvalue weighted by atomic mass is 10.2. The average Bonchev–Trinajstić information content (AvgIpc) is 2.39. The first-order valence-corrected chi connectivity index (χ1v) is 6.41. The topological polar surface area (TPSA) is 47.6 Å². The minimum absolute atomic E-state index is 0.101. The van der Waals surface area contributed by atoms with Gasteiger partial charge in [-0.1, -0.05) is 19.1 Å². The molecule has 0 aliphatic carbocycles. The van der Waals surface area contributed by atoms with Crippen molar-refractivity contribution in [3.63, 3.8) is 0 Å². The minimum Gasteiger partial charge on any atom is -0.476 e. The number of para-hydroxylation sites is 1. The van der Waals surface area contributed by atoms with Crippen molar-refractivity contribution in [3.05, 3.63) is 29.6 Å². The van der Waals surface area contributed by atoms with Crippen molar-refractivity contribution < 1.29 is 18.7 Å². The van der Waals surface area contributed by atoms with Gasteiger partial charge in [-0.2, -0.15) is 0 Å². The van der Waals surface area contributed by atoms with E-state index in [4.69, 9.17) is 9.47 Å². The van der Waals surface area contributed by atoms with E-state index in [0.29, 0.717) is 12.1 Å². The van der Waals surface area contributed by atoms with Crippen LogP contribution < -0.4 is 10.1 Å². The molecule has 0 aliphatic rings. The molecule has 4 nitrogen and oxygen atoms in total. The van der Waals surface area contributed by atoms with Crippen LogP contribution in [-0.4, -0.2) is 25.2 Å². The van der Waals surface area contributed by atoms with E-state index >= 15 is 0 Å². The second kappa shape index (κ2) is 7.74. The highest BCUT2D eigenvalue weighted by Crippen LogP contribution is 2.24. The lowest BCUT2D eigenvalue weighted by Crippen LogP contribution is -2.27. The van der Waals surface area contributed by atoms with Crippen molar-refractivity contribution in [2.45, 2.75) is 33.4 Å². The van der Waals surface area contributed by atoms with E-state index in [1.165, 1.54) is 6.07 Å². The summed E-state index contributed by atoms with van der Waals surface area (Å²) >= 11 is 0. The number of hydrogen-bond acceptors (Lipinski definition) is 4. The second-order valence-corrected chi connectivity index (χ2v) is 4.02. The van der Waals surface area contributed by atoms with Crippen LogP contribution in [0.3, 0.4) is 0 Å². The van der Waals surface area contributed by atoms with Crippen molar-refractivity contribution in [3.8, 4) is 5.75 Å². The number of ether oxygens (including phenoxy) is 2. The lowest BCUT2D eigenvalue weighted by Gasteiger charge is -2.17. The van der Waals surface area contributed by atoms with E-state index in [0.717, 1.165) is 6.54 Å². The van der Waals surface area contributed by atoms with Gasteiger partial charge in [0.2, 0.25) is 0 Å². The summed E-state index contributed by atoms with van der Waals surface area (Å²) in [6.45, 7) is 6.74. The summed E-state index contributed by atoms with van der Waals surface area (Å²) in [7, 11) is 0. The zero-order valence-electron chi connectivity index (χ0n) is 11.5. The molecule has 1 aromatic carbocycles. The number of carbonyl (C=O) groups excluding carboxylic acids is 1.